The Morgan fingerprint density at radius 1 is 1.00 bits per heavy atom. The SMILES string of the molecule is Cc1ccc(S(=O)(=O)n2cc(-c3ccccc3F)c3c(N4CCN(C(=O)OC(C)(C)C)C(C)(C)C4)ncnc32)cc1. The highest BCUT2D eigenvalue weighted by Gasteiger charge is 2.40. The van der Waals surface area contributed by atoms with Crippen LogP contribution in [0.5, 0.6) is 0 Å². The van der Waals surface area contributed by atoms with Gasteiger partial charge in [-0.15, -0.1) is 0 Å². The van der Waals surface area contributed by atoms with E-state index in [1.54, 1.807) is 47.4 Å². The summed E-state index contributed by atoms with van der Waals surface area (Å²) < 4.78 is 49.6. The van der Waals surface area contributed by atoms with Gasteiger partial charge in [0.2, 0.25) is 0 Å². The number of ether oxygens (including phenoxy) is 1. The Balaban J connectivity index is 1.65. The van der Waals surface area contributed by atoms with Gasteiger partial charge in [0.25, 0.3) is 10.0 Å². The monoisotopic (exact) mass is 579 g/mol. The van der Waals surface area contributed by atoms with Gasteiger partial charge in [0, 0.05) is 37.0 Å². The topological polar surface area (TPSA) is 97.6 Å². The fourth-order valence-corrected chi connectivity index (χ4v) is 6.46. The molecular formula is C30H34FN5O4S. The number of aromatic nitrogens is 3. The van der Waals surface area contributed by atoms with Gasteiger partial charge < -0.3 is 9.64 Å². The number of fused-ring (bicyclic) bond motifs is 1. The molecule has 2 aromatic heterocycles. The minimum absolute atomic E-state index is 0.0901. The van der Waals surface area contributed by atoms with Gasteiger partial charge in [-0.3, -0.25) is 4.90 Å². The van der Waals surface area contributed by atoms with E-state index in [1.807, 2.05) is 46.4 Å². The third kappa shape index (κ3) is 5.38. The summed E-state index contributed by atoms with van der Waals surface area (Å²) >= 11 is 0. The third-order valence-corrected chi connectivity index (χ3v) is 8.75. The molecule has 3 heterocycles. The lowest BCUT2D eigenvalue weighted by molar-refractivity contribution is 0.000329. The predicted molar refractivity (Wildman–Crippen MR) is 156 cm³/mol. The van der Waals surface area contributed by atoms with E-state index in [4.69, 9.17) is 4.74 Å². The highest BCUT2D eigenvalue weighted by Crippen LogP contribution is 2.39. The van der Waals surface area contributed by atoms with Crippen LogP contribution in [-0.2, 0) is 14.8 Å². The van der Waals surface area contributed by atoms with E-state index in [9.17, 15) is 13.2 Å². The normalized spacial score (nSPS) is 15.8. The van der Waals surface area contributed by atoms with Crippen LogP contribution in [0.1, 0.15) is 40.2 Å². The molecule has 41 heavy (non-hydrogen) atoms. The Hall–Kier alpha value is -3.99. The van der Waals surface area contributed by atoms with E-state index in [-0.39, 0.29) is 16.1 Å². The van der Waals surface area contributed by atoms with E-state index >= 15 is 4.39 Å². The summed E-state index contributed by atoms with van der Waals surface area (Å²) in [6, 6.07) is 12.7. The molecule has 11 heteroatoms. The van der Waals surface area contributed by atoms with Crippen LogP contribution in [0.3, 0.4) is 0 Å². The van der Waals surface area contributed by atoms with Crippen LogP contribution in [0.4, 0.5) is 15.0 Å². The fourth-order valence-electron chi connectivity index (χ4n) is 5.14. The Morgan fingerprint density at radius 3 is 2.32 bits per heavy atom. The van der Waals surface area contributed by atoms with Crippen LogP contribution in [0.25, 0.3) is 22.2 Å². The first-order valence-electron chi connectivity index (χ1n) is 13.4. The Bertz CT molecular complexity index is 1730. The maximum Gasteiger partial charge on any atom is 0.410 e. The third-order valence-electron chi connectivity index (χ3n) is 7.09. The van der Waals surface area contributed by atoms with Gasteiger partial charge in [-0.1, -0.05) is 35.9 Å². The van der Waals surface area contributed by atoms with Crippen molar-refractivity contribution in [3.63, 3.8) is 0 Å². The maximum absolute atomic E-state index is 15.2. The first-order valence-corrected chi connectivity index (χ1v) is 14.8. The van der Waals surface area contributed by atoms with Crippen molar-refractivity contribution < 1.29 is 22.3 Å². The van der Waals surface area contributed by atoms with Crippen LogP contribution in [-0.4, -0.2) is 64.1 Å². The van der Waals surface area contributed by atoms with Crippen molar-refractivity contribution >= 4 is 33.0 Å². The largest absolute Gasteiger partial charge is 0.444 e. The zero-order valence-electron chi connectivity index (χ0n) is 24.1. The lowest BCUT2D eigenvalue weighted by Gasteiger charge is -2.47. The smallest absolute Gasteiger partial charge is 0.410 e. The summed E-state index contributed by atoms with van der Waals surface area (Å²) in [6.07, 6.45) is 2.33. The zero-order valence-corrected chi connectivity index (χ0v) is 24.9. The van der Waals surface area contributed by atoms with Crippen LogP contribution in [0, 0.1) is 12.7 Å². The minimum atomic E-state index is -4.07. The first-order chi connectivity index (χ1) is 19.2. The van der Waals surface area contributed by atoms with Crippen LogP contribution < -0.4 is 4.90 Å². The average Bonchev–Trinajstić information content (AvgIpc) is 3.28. The van der Waals surface area contributed by atoms with Gasteiger partial charge in [-0.05, 0) is 59.7 Å². The number of rotatable bonds is 4. The van der Waals surface area contributed by atoms with Crippen molar-refractivity contribution in [3.05, 3.63) is 72.4 Å². The molecule has 0 bridgehead atoms. The molecule has 9 nitrogen and oxygen atoms in total. The Labute approximate surface area is 239 Å². The number of amides is 1. The van der Waals surface area contributed by atoms with Crippen molar-refractivity contribution in [1.29, 1.82) is 0 Å². The molecule has 1 saturated heterocycles. The summed E-state index contributed by atoms with van der Waals surface area (Å²) in [4.78, 5) is 25.7. The number of anilines is 1. The second-order valence-electron chi connectivity index (χ2n) is 11.9. The molecule has 1 aliphatic rings. The van der Waals surface area contributed by atoms with Gasteiger partial charge in [0.05, 0.1) is 15.8 Å². The molecule has 1 amide bonds. The van der Waals surface area contributed by atoms with Crippen molar-refractivity contribution in [3.8, 4) is 11.1 Å². The average molecular weight is 580 g/mol. The number of hydrogen-bond donors (Lipinski definition) is 0. The van der Waals surface area contributed by atoms with E-state index < -0.39 is 33.1 Å². The quantitative estimate of drug-likeness (QED) is 0.310. The van der Waals surface area contributed by atoms with Gasteiger partial charge in [-0.2, -0.15) is 0 Å². The van der Waals surface area contributed by atoms with E-state index in [2.05, 4.69) is 9.97 Å². The van der Waals surface area contributed by atoms with Crippen LogP contribution in [0.2, 0.25) is 0 Å². The molecule has 1 fully saturated rings. The molecule has 0 atom stereocenters. The van der Waals surface area contributed by atoms with Crippen molar-refractivity contribution in [1.82, 2.24) is 18.8 Å². The van der Waals surface area contributed by atoms with E-state index in [0.717, 1.165) is 9.54 Å². The maximum atomic E-state index is 15.2. The lowest BCUT2D eigenvalue weighted by Crippen LogP contribution is -2.62. The number of benzene rings is 2. The van der Waals surface area contributed by atoms with Crippen molar-refractivity contribution in [2.45, 2.75) is 57.6 Å². The molecule has 0 radical (unpaired) electrons. The highest BCUT2D eigenvalue weighted by molar-refractivity contribution is 7.90. The number of carbonyl (C=O) groups excluding carboxylic acids is 1. The molecule has 1 aliphatic heterocycles. The van der Waals surface area contributed by atoms with Gasteiger partial charge in [0.1, 0.15) is 23.6 Å². The van der Waals surface area contributed by atoms with Crippen molar-refractivity contribution in [2.24, 2.45) is 0 Å². The summed E-state index contributed by atoms with van der Waals surface area (Å²) in [5.41, 5.74) is 0.373. The van der Waals surface area contributed by atoms with Gasteiger partial charge >= 0.3 is 6.09 Å². The number of hydrogen-bond acceptors (Lipinski definition) is 7. The lowest BCUT2D eigenvalue weighted by atomic mass is 9.98. The summed E-state index contributed by atoms with van der Waals surface area (Å²) in [6.45, 7) is 12.4. The van der Waals surface area contributed by atoms with Crippen molar-refractivity contribution in [2.75, 3.05) is 24.5 Å². The van der Waals surface area contributed by atoms with E-state index in [1.165, 1.54) is 18.6 Å². The molecule has 0 spiro atoms. The number of halogens is 1. The minimum Gasteiger partial charge on any atom is -0.444 e. The zero-order chi connectivity index (χ0) is 29.7. The summed E-state index contributed by atoms with van der Waals surface area (Å²) in [7, 11) is -4.07. The molecule has 5 rings (SSSR count). The van der Waals surface area contributed by atoms with Crippen LogP contribution in [0.15, 0.2) is 66.0 Å². The molecule has 0 saturated carbocycles. The Kier molecular flexibility index (Phi) is 7.05. The number of piperazine rings is 1. The fraction of sp³-hybridized carbons (Fsp3) is 0.367. The molecular weight excluding hydrogens is 545 g/mol. The molecule has 0 aliphatic carbocycles. The van der Waals surface area contributed by atoms with Crippen LogP contribution >= 0.6 is 0 Å². The van der Waals surface area contributed by atoms with E-state index in [0.29, 0.717) is 36.4 Å². The molecule has 0 unspecified atom stereocenters. The highest BCUT2D eigenvalue weighted by atomic mass is 32.2. The molecule has 4 aromatic rings. The summed E-state index contributed by atoms with van der Waals surface area (Å²) in [5.74, 6) is -0.0350. The Morgan fingerprint density at radius 2 is 1.68 bits per heavy atom. The van der Waals surface area contributed by atoms with Gasteiger partial charge in [0.15, 0.2) is 5.65 Å². The molecule has 0 N–H and O–H groups in total. The molecule has 2 aromatic carbocycles. The number of aryl methyl sites for hydroxylation is 1. The summed E-state index contributed by atoms with van der Waals surface area (Å²) in [5, 5.41) is 0.412. The standard InChI is InChI=1S/C30H34FN5O4S/c1-20-11-13-21(14-12-20)41(38,39)36-17-23(22-9-7-8-10-24(22)31)25-26(32-19-33-27(25)36)34-15-16-35(30(5,6)18-34)28(37)40-29(2,3)4/h7-14,17,19H,15-16,18H2,1-6H3. The van der Waals surface area contributed by atoms with Gasteiger partial charge in [-0.25, -0.2) is 31.5 Å². The second-order valence-corrected chi connectivity index (χ2v) is 13.7. The predicted octanol–water partition coefficient (Wildman–Crippen LogP) is 5.62. The molecule has 216 valence electrons. The number of nitrogens with zero attached hydrogens (tertiary/aromatic N) is 5. The number of carbonyl (C=O) groups is 1. The first kappa shape index (κ1) is 28.5. The second kappa shape index (κ2) is 10.1.